The van der Waals surface area contributed by atoms with Crippen molar-refractivity contribution in [3.8, 4) is 23.7 Å². The van der Waals surface area contributed by atoms with Crippen LogP contribution in [0.1, 0.15) is 44.7 Å². The molecule has 1 aliphatic rings. The number of ether oxygens (including phenoxy) is 1. The third-order valence-corrected chi connectivity index (χ3v) is 4.80. The van der Waals surface area contributed by atoms with E-state index in [1.807, 2.05) is 6.07 Å². The van der Waals surface area contributed by atoms with E-state index in [-0.39, 0.29) is 28.5 Å². The molecular weight excluding hydrogens is 385 g/mol. The maximum atomic E-state index is 14.5. The minimum atomic E-state index is -0.552. The second-order valence-corrected chi connectivity index (χ2v) is 8.15. The number of nitrogens with zero attached hydrogens (tertiary/aromatic N) is 4. The molecule has 4 rings (SSSR count). The molecule has 158 valence electrons. The number of anilines is 1. The van der Waals surface area contributed by atoms with E-state index < -0.39 is 5.82 Å². The Bertz CT molecular complexity index is 1060. The van der Waals surface area contributed by atoms with E-state index >= 15 is 0 Å². The number of nitrogen functional groups attached to an aromatic ring is 1. The van der Waals surface area contributed by atoms with E-state index in [0.717, 1.165) is 25.0 Å². The fourth-order valence-corrected chi connectivity index (χ4v) is 3.09. The molecule has 0 radical (unpaired) electrons. The van der Waals surface area contributed by atoms with Crippen LogP contribution in [-0.4, -0.2) is 44.0 Å². The Morgan fingerprint density at radius 2 is 2.07 bits per heavy atom. The number of terminal acetylenes is 1. The first-order valence-electron chi connectivity index (χ1n) is 9.74. The molecular formula is C22H26FN5O2. The molecule has 0 aliphatic carbocycles. The highest BCUT2D eigenvalue weighted by atomic mass is 19.1. The summed E-state index contributed by atoms with van der Waals surface area (Å²) < 4.78 is 20.7. The van der Waals surface area contributed by atoms with Gasteiger partial charge in [0.2, 0.25) is 5.95 Å². The molecule has 1 saturated heterocycles. The summed E-state index contributed by atoms with van der Waals surface area (Å²) in [6.07, 6.45) is 10.3. The van der Waals surface area contributed by atoms with Crippen LogP contribution in [0.2, 0.25) is 0 Å². The van der Waals surface area contributed by atoms with Crippen LogP contribution < -0.4 is 5.73 Å². The number of rotatable bonds is 1. The lowest BCUT2D eigenvalue weighted by atomic mass is 9.88. The molecule has 3 aromatic rings. The molecule has 0 aromatic carbocycles. The molecule has 8 heteroatoms. The summed E-state index contributed by atoms with van der Waals surface area (Å²) in [7, 11) is 0. The van der Waals surface area contributed by atoms with Crippen LogP contribution in [0.3, 0.4) is 0 Å². The number of hydrogen-bond donors (Lipinski definition) is 2. The zero-order valence-corrected chi connectivity index (χ0v) is 17.4. The van der Waals surface area contributed by atoms with E-state index in [9.17, 15) is 4.39 Å². The smallest absolute Gasteiger partial charge is 0.238 e. The molecule has 7 nitrogen and oxygen atoms in total. The van der Waals surface area contributed by atoms with Crippen molar-refractivity contribution in [3.63, 3.8) is 0 Å². The zero-order valence-electron chi connectivity index (χ0n) is 17.4. The van der Waals surface area contributed by atoms with Gasteiger partial charge in [-0.05, 0) is 29.9 Å². The van der Waals surface area contributed by atoms with Crippen LogP contribution in [0, 0.1) is 18.2 Å². The Kier molecular flexibility index (Phi) is 6.34. The van der Waals surface area contributed by atoms with Gasteiger partial charge < -0.3 is 15.6 Å². The summed E-state index contributed by atoms with van der Waals surface area (Å²) in [6.45, 7) is 7.65. The Hall–Kier alpha value is -3.02. The minimum absolute atomic E-state index is 0.0282. The van der Waals surface area contributed by atoms with E-state index in [2.05, 4.69) is 41.8 Å². The summed E-state index contributed by atoms with van der Waals surface area (Å²) in [6, 6.07) is 3.76. The Balaban J connectivity index is 0.000000310. The van der Waals surface area contributed by atoms with Crippen LogP contribution in [0.15, 0.2) is 24.5 Å². The van der Waals surface area contributed by atoms with Gasteiger partial charge in [0.25, 0.3) is 0 Å². The maximum absolute atomic E-state index is 14.5. The number of aliphatic hydroxyl groups excluding tert-OH is 1. The second kappa shape index (κ2) is 8.78. The number of aliphatic hydroxyl groups is 1. The van der Waals surface area contributed by atoms with Gasteiger partial charge in [-0.25, -0.2) is 13.9 Å². The Morgan fingerprint density at radius 3 is 2.57 bits per heavy atom. The molecule has 0 saturated carbocycles. The third kappa shape index (κ3) is 4.58. The average Bonchev–Trinajstić information content (AvgIpc) is 2.99. The van der Waals surface area contributed by atoms with E-state index in [1.165, 1.54) is 10.7 Å². The molecule has 1 atom stereocenters. The largest absolute Gasteiger partial charge is 0.391 e. The monoisotopic (exact) mass is 411 g/mol. The number of aromatic nitrogens is 4. The van der Waals surface area contributed by atoms with Crippen LogP contribution >= 0.6 is 0 Å². The molecule has 1 unspecified atom stereocenters. The van der Waals surface area contributed by atoms with E-state index in [0.29, 0.717) is 18.0 Å². The van der Waals surface area contributed by atoms with Gasteiger partial charge in [-0.2, -0.15) is 0 Å². The highest BCUT2D eigenvalue weighted by Crippen LogP contribution is 2.30. The molecule has 0 spiro atoms. The third-order valence-electron chi connectivity index (χ3n) is 4.80. The van der Waals surface area contributed by atoms with Crippen molar-refractivity contribution >= 4 is 11.5 Å². The number of hydrogen-bond acceptors (Lipinski definition) is 6. The van der Waals surface area contributed by atoms with Gasteiger partial charge >= 0.3 is 0 Å². The van der Waals surface area contributed by atoms with Crippen molar-refractivity contribution in [2.24, 2.45) is 0 Å². The molecule has 1 fully saturated rings. The van der Waals surface area contributed by atoms with Crippen LogP contribution in [0.4, 0.5) is 10.3 Å². The first-order valence-corrected chi connectivity index (χ1v) is 9.74. The van der Waals surface area contributed by atoms with Gasteiger partial charge in [0.15, 0.2) is 5.82 Å². The maximum Gasteiger partial charge on any atom is 0.238 e. The van der Waals surface area contributed by atoms with Crippen molar-refractivity contribution in [2.75, 3.05) is 18.9 Å². The van der Waals surface area contributed by atoms with Crippen molar-refractivity contribution in [3.05, 3.63) is 41.5 Å². The Labute approximate surface area is 175 Å². The summed E-state index contributed by atoms with van der Waals surface area (Å²) in [5.74, 6) is 1.85. The molecule has 30 heavy (non-hydrogen) atoms. The second-order valence-electron chi connectivity index (χ2n) is 8.15. The molecule has 0 bridgehead atoms. The number of pyridine rings is 1. The van der Waals surface area contributed by atoms with Gasteiger partial charge in [-0.1, -0.05) is 32.8 Å². The van der Waals surface area contributed by atoms with E-state index in [4.69, 9.17) is 22.0 Å². The van der Waals surface area contributed by atoms with Gasteiger partial charge in [0, 0.05) is 12.8 Å². The van der Waals surface area contributed by atoms with Crippen LogP contribution in [0.5, 0.6) is 0 Å². The SMILES string of the molecule is C#Cc1c(F)c2cnc(N)nn2c1-c1ccc(C(C)(C)C)cn1.OC1CCCOC1. The molecule has 0 amide bonds. The Morgan fingerprint density at radius 1 is 1.30 bits per heavy atom. The average molecular weight is 411 g/mol. The fourth-order valence-electron chi connectivity index (χ4n) is 3.09. The molecule has 3 aromatic heterocycles. The summed E-state index contributed by atoms with van der Waals surface area (Å²) in [5.41, 5.74) is 7.85. The highest BCUT2D eigenvalue weighted by molar-refractivity contribution is 5.73. The summed E-state index contributed by atoms with van der Waals surface area (Å²) >= 11 is 0. The number of halogens is 1. The van der Waals surface area contributed by atoms with Crippen LogP contribution in [-0.2, 0) is 10.2 Å². The lowest BCUT2D eigenvalue weighted by Gasteiger charge is -2.18. The fraction of sp³-hybridized carbons (Fsp3) is 0.409. The first-order chi connectivity index (χ1) is 14.2. The normalized spacial score (nSPS) is 16.6. The van der Waals surface area contributed by atoms with Gasteiger partial charge in [-0.3, -0.25) is 4.98 Å². The highest BCUT2D eigenvalue weighted by Gasteiger charge is 2.22. The molecule has 1 aliphatic heterocycles. The summed E-state index contributed by atoms with van der Waals surface area (Å²) in [5, 5.41) is 12.8. The van der Waals surface area contributed by atoms with Gasteiger partial charge in [0.1, 0.15) is 11.2 Å². The lowest BCUT2D eigenvalue weighted by molar-refractivity contribution is -0.00535. The predicted octanol–water partition coefficient (Wildman–Crippen LogP) is 2.95. The molecule has 3 N–H and O–H groups in total. The van der Waals surface area contributed by atoms with Crippen LogP contribution in [0.25, 0.3) is 16.9 Å². The van der Waals surface area contributed by atoms with Crippen molar-refractivity contribution in [1.82, 2.24) is 19.6 Å². The number of fused-ring (bicyclic) bond motifs is 1. The number of nitrogens with two attached hydrogens (primary N) is 1. The van der Waals surface area contributed by atoms with Crippen molar-refractivity contribution < 1.29 is 14.2 Å². The topological polar surface area (TPSA) is 98.6 Å². The predicted molar refractivity (Wildman–Crippen MR) is 113 cm³/mol. The molecule has 4 heterocycles. The standard InChI is InChI=1S/C17H16FN5.C5H10O2/c1-5-11-14(18)13-9-21-16(19)22-23(13)15(11)12-7-6-10(8-20-12)17(2,3)4;6-5-2-1-3-7-4-5/h1,6-9H,2-4H3,(H2,19,22);5-6H,1-4H2. The van der Waals surface area contributed by atoms with Crippen molar-refractivity contribution in [1.29, 1.82) is 0 Å². The quantitative estimate of drug-likeness (QED) is 0.598. The van der Waals surface area contributed by atoms with Crippen molar-refractivity contribution in [2.45, 2.75) is 45.1 Å². The van der Waals surface area contributed by atoms with E-state index in [1.54, 1.807) is 12.3 Å². The summed E-state index contributed by atoms with van der Waals surface area (Å²) in [4.78, 5) is 8.25. The zero-order chi connectivity index (χ0) is 21.9. The van der Waals surface area contributed by atoms with Gasteiger partial charge in [0.05, 0.1) is 30.2 Å². The van der Waals surface area contributed by atoms with Gasteiger partial charge in [-0.15, -0.1) is 11.5 Å². The lowest BCUT2D eigenvalue weighted by Crippen LogP contribution is -2.21. The first kappa shape index (κ1) is 21.7. The minimum Gasteiger partial charge on any atom is -0.391 e.